The van der Waals surface area contributed by atoms with E-state index in [0.717, 1.165) is 12.1 Å². The number of hydrogen-bond donors (Lipinski definition) is 1. The third-order valence-electron chi connectivity index (χ3n) is 4.48. The van der Waals surface area contributed by atoms with E-state index < -0.39 is 17.8 Å². The number of nitrogens with zero attached hydrogens (tertiary/aromatic N) is 4. The summed E-state index contributed by atoms with van der Waals surface area (Å²) in [4.78, 5) is 26.1. The highest BCUT2D eigenvalue weighted by atomic mass is 19.4. The van der Waals surface area contributed by atoms with Crippen molar-refractivity contribution in [3.8, 4) is 11.3 Å². The van der Waals surface area contributed by atoms with Crippen LogP contribution in [0.5, 0.6) is 0 Å². The molecule has 1 amide bonds. The Morgan fingerprint density at radius 3 is 2.67 bits per heavy atom. The fourth-order valence-corrected chi connectivity index (χ4v) is 3.03. The molecule has 0 spiro atoms. The van der Waals surface area contributed by atoms with Gasteiger partial charge in [-0.15, -0.1) is 0 Å². The van der Waals surface area contributed by atoms with Gasteiger partial charge < -0.3 is 10.1 Å². The number of carbonyl (C=O) groups excluding carboxylic acids is 1. The Hall–Kier alpha value is -3.69. The second-order valence-corrected chi connectivity index (χ2v) is 6.67. The van der Waals surface area contributed by atoms with Crippen molar-refractivity contribution < 1.29 is 22.7 Å². The first-order chi connectivity index (χ1) is 14.3. The summed E-state index contributed by atoms with van der Waals surface area (Å²) in [5.41, 5.74) is 0.629. The first kappa shape index (κ1) is 19.6. The lowest BCUT2D eigenvalue weighted by Crippen LogP contribution is -2.31. The van der Waals surface area contributed by atoms with Gasteiger partial charge in [-0.05, 0) is 43.3 Å². The summed E-state index contributed by atoms with van der Waals surface area (Å²) < 4.78 is 43.8. The molecular formula is C20H16F3N5O2. The highest BCUT2D eigenvalue weighted by Crippen LogP contribution is 2.31. The van der Waals surface area contributed by atoms with E-state index in [1.165, 1.54) is 23.2 Å². The summed E-state index contributed by atoms with van der Waals surface area (Å²) in [6.07, 6.45) is -1.88. The van der Waals surface area contributed by atoms with Crippen LogP contribution >= 0.6 is 0 Å². The van der Waals surface area contributed by atoms with Gasteiger partial charge in [-0.3, -0.25) is 4.90 Å². The molecule has 1 N–H and O–H groups in total. The van der Waals surface area contributed by atoms with Gasteiger partial charge in [0, 0.05) is 23.6 Å². The van der Waals surface area contributed by atoms with Gasteiger partial charge in [0.1, 0.15) is 12.4 Å². The molecule has 2 aromatic heterocycles. The van der Waals surface area contributed by atoms with Gasteiger partial charge in [0.2, 0.25) is 5.95 Å². The van der Waals surface area contributed by atoms with Crippen LogP contribution < -0.4 is 10.2 Å². The number of carbonyl (C=O) groups is 1. The second-order valence-electron chi connectivity index (χ2n) is 6.67. The van der Waals surface area contributed by atoms with Crippen molar-refractivity contribution in [2.75, 3.05) is 16.8 Å². The fraction of sp³-hybridized carbons (Fsp3) is 0.200. The summed E-state index contributed by atoms with van der Waals surface area (Å²) in [6, 6.07) is 9.69. The average molecular weight is 415 g/mol. The predicted octanol–water partition coefficient (Wildman–Crippen LogP) is 4.65. The van der Waals surface area contributed by atoms with Crippen LogP contribution in [0.2, 0.25) is 0 Å². The fourth-order valence-electron chi connectivity index (χ4n) is 3.03. The molecule has 3 aromatic rings. The van der Waals surface area contributed by atoms with Crippen molar-refractivity contribution >= 4 is 23.5 Å². The molecule has 154 valence electrons. The average Bonchev–Trinajstić information content (AvgIpc) is 3.06. The van der Waals surface area contributed by atoms with E-state index >= 15 is 0 Å². The number of ether oxygens (including phenoxy) is 1. The summed E-state index contributed by atoms with van der Waals surface area (Å²) in [7, 11) is 0. The molecule has 1 saturated heterocycles. The minimum Gasteiger partial charge on any atom is -0.447 e. The standard InChI is InChI=1S/C20H16F3N5O2/c1-12-11-30-19(29)28(12)17-9-13(5-7-24-17)16-6-8-25-18(27-16)26-15-4-2-3-14(10-15)20(21,22)23/h2-10,12H,11H2,1H3,(H,25,26,27). The lowest BCUT2D eigenvalue weighted by atomic mass is 10.2. The Kier molecular flexibility index (Phi) is 4.98. The zero-order valence-corrected chi connectivity index (χ0v) is 15.7. The predicted molar refractivity (Wildman–Crippen MR) is 103 cm³/mol. The number of halogens is 3. The quantitative estimate of drug-likeness (QED) is 0.668. The number of hydrogen-bond acceptors (Lipinski definition) is 6. The smallest absolute Gasteiger partial charge is 0.416 e. The van der Waals surface area contributed by atoms with Crippen LogP contribution in [0.4, 0.5) is 35.4 Å². The Bertz CT molecular complexity index is 1090. The lowest BCUT2D eigenvalue weighted by Gasteiger charge is -2.17. The van der Waals surface area contributed by atoms with E-state index in [4.69, 9.17) is 4.74 Å². The van der Waals surface area contributed by atoms with Gasteiger partial charge in [-0.1, -0.05) is 6.07 Å². The maximum atomic E-state index is 12.9. The molecule has 0 radical (unpaired) electrons. The molecular weight excluding hydrogens is 399 g/mol. The Morgan fingerprint density at radius 2 is 1.93 bits per heavy atom. The largest absolute Gasteiger partial charge is 0.447 e. The van der Waals surface area contributed by atoms with Crippen LogP contribution in [0.1, 0.15) is 12.5 Å². The van der Waals surface area contributed by atoms with Crippen molar-refractivity contribution in [1.82, 2.24) is 15.0 Å². The van der Waals surface area contributed by atoms with Crippen LogP contribution in [-0.2, 0) is 10.9 Å². The maximum absolute atomic E-state index is 12.9. The van der Waals surface area contributed by atoms with Gasteiger partial charge in [0.25, 0.3) is 0 Å². The number of anilines is 3. The first-order valence-corrected chi connectivity index (χ1v) is 9.01. The molecule has 4 rings (SSSR count). The van der Waals surface area contributed by atoms with Crippen molar-refractivity contribution in [3.05, 3.63) is 60.4 Å². The number of aromatic nitrogens is 3. The number of pyridine rings is 1. The normalized spacial score (nSPS) is 16.5. The summed E-state index contributed by atoms with van der Waals surface area (Å²) in [6.45, 7) is 2.13. The molecule has 1 unspecified atom stereocenters. The monoisotopic (exact) mass is 415 g/mol. The van der Waals surface area contributed by atoms with Crippen molar-refractivity contribution in [3.63, 3.8) is 0 Å². The van der Waals surface area contributed by atoms with E-state index in [1.807, 2.05) is 6.92 Å². The van der Waals surface area contributed by atoms with Gasteiger partial charge in [-0.25, -0.2) is 19.7 Å². The number of rotatable bonds is 4. The van der Waals surface area contributed by atoms with Crippen LogP contribution in [0.15, 0.2) is 54.9 Å². The van der Waals surface area contributed by atoms with E-state index in [-0.39, 0.29) is 24.3 Å². The van der Waals surface area contributed by atoms with Gasteiger partial charge in [0.15, 0.2) is 0 Å². The summed E-state index contributed by atoms with van der Waals surface area (Å²) >= 11 is 0. The van der Waals surface area contributed by atoms with Crippen LogP contribution in [0.3, 0.4) is 0 Å². The number of benzene rings is 1. The van der Waals surface area contributed by atoms with Gasteiger partial charge in [-0.2, -0.15) is 13.2 Å². The summed E-state index contributed by atoms with van der Waals surface area (Å²) in [5.74, 6) is 0.563. The molecule has 3 heterocycles. The molecule has 0 aliphatic carbocycles. The third-order valence-corrected chi connectivity index (χ3v) is 4.48. The minimum absolute atomic E-state index is 0.138. The number of cyclic esters (lactones) is 1. The van der Waals surface area contributed by atoms with Crippen LogP contribution in [0, 0.1) is 0 Å². The van der Waals surface area contributed by atoms with Gasteiger partial charge >= 0.3 is 12.3 Å². The maximum Gasteiger partial charge on any atom is 0.416 e. The Morgan fingerprint density at radius 1 is 1.13 bits per heavy atom. The van der Waals surface area contributed by atoms with Crippen molar-refractivity contribution in [2.24, 2.45) is 0 Å². The SMILES string of the molecule is CC1COC(=O)N1c1cc(-c2ccnc(Nc3cccc(C(F)(F)F)c3)n2)ccn1. The van der Waals surface area contributed by atoms with E-state index in [2.05, 4.69) is 20.3 Å². The van der Waals surface area contributed by atoms with E-state index in [1.54, 1.807) is 24.4 Å². The number of alkyl halides is 3. The molecule has 1 aromatic carbocycles. The lowest BCUT2D eigenvalue weighted by molar-refractivity contribution is -0.137. The van der Waals surface area contributed by atoms with E-state index in [9.17, 15) is 18.0 Å². The molecule has 1 atom stereocenters. The van der Waals surface area contributed by atoms with E-state index in [0.29, 0.717) is 17.1 Å². The highest BCUT2D eigenvalue weighted by Gasteiger charge is 2.32. The zero-order valence-electron chi connectivity index (χ0n) is 15.7. The van der Waals surface area contributed by atoms with Crippen molar-refractivity contribution in [1.29, 1.82) is 0 Å². The molecule has 0 saturated carbocycles. The van der Waals surface area contributed by atoms with Crippen LogP contribution in [-0.4, -0.2) is 33.7 Å². The number of amides is 1. The van der Waals surface area contributed by atoms with Gasteiger partial charge in [0.05, 0.1) is 17.3 Å². The molecule has 7 nitrogen and oxygen atoms in total. The van der Waals surface area contributed by atoms with Crippen LogP contribution in [0.25, 0.3) is 11.3 Å². The summed E-state index contributed by atoms with van der Waals surface area (Å²) in [5, 5.41) is 2.79. The third kappa shape index (κ3) is 4.02. The molecule has 1 fully saturated rings. The number of nitrogens with one attached hydrogen (secondary N) is 1. The molecule has 1 aliphatic rings. The second kappa shape index (κ2) is 7.62. The Balaban J connectivity index is 1.60. The Labute approximate surface area is 169 Å². The highest BCUT2D eigenvalue weighted by molar-refractivity contribution is 5.89. The minimum atomic E-state index is -4.44. The first-order valence-electron chi connectivity index (χ1n) is 9.01. The topological polar surface area (TPSA) is 80.2 Å². The van der Waals surface area contributed by atoms with Crippen molar-refractivity contribution in [2.45, 2.75) is 19.1 Å². The molecule has 30 heavy (non-hydrogen) atoms. The molecule has 10 heteroatoms. The zero-order chi connectivity index (χ0) is 21.3. The molecule has 1 aliphatic heterocycles. The molecule has 0 bridgehead atoms.